The second kappa shape index (κ2) is 16.4. The summed E-state index contributed by atoms with van der Waals surface area (Å²) in [7, 11) is -3.48. The van der Waals surface area contributed by atoms with Crippen LogP contribution in [0.2, 0.25) is 0 Å². The quantitative estimate of drug-likeness (QED) is 0.252. The van der Waals surface area contributed by atoms with E-state index in [0.29, 0.717) is 6.54 Å². The van der Waals surface area contributed by atoms with E-state index in [1.807, 2.05) is 37.3 Å². The lowest BCUT2D eigenvalue weighted by atomic mass is 10.0. The minimum absolute atomic E-state index is 0.0187. The van der Waals surface area contributed by atoms with Crippen LogP contribution in [-0.2, 0) is 34.5 Å². The number of Topliss-reactive ketones (excluding diaryl/α,β-unsaturated/α-hetero) is 1. The maximum Gasteiger partial charge on any atom is 0.410 e. The molecular formula is C25H40N3O8P. The molecule has 37 heavy (non-hydrogen) atoms. The highest BCUT2D eigenvalue weighted by atomic mass is 31.2. The van der Waals surface area contributed by atoms with Crippen molar-refractivity contribution in [1.29, 1.82) is 0 Å². The third-order valence-electron chi connectivity index (χ3n) is 5.72. The van der Waals surface area contributed by atoms with Crippen molar-refractivity contribution in [2.75, 3.05) is 45.6 Å². The van der Waals surface area contributed by atoms with Gasteiger partial charge in [-0.2, -0.15) is 0 Å². The van der Waals surface area contributed by atoms with Crippen LogP contribution >= 0.6 is 7.60 Å². The second-order valence-electron chi connectivity index (χ2n) is 8.50. The molecule has 0 spiro atoms. The van der Waals surface area contributed by atoms with Crippen LogP contribution < -0.4 is 10.6 Å². The number of hydrogen-bond acceptors (Lipinski definition) is 9. The lowest BCUT2D eigenvalue weighted by Crippen LogP contribution is -2.61. The summed E-state index contributed by atoms with van der Waals surface area (Å²) in [6.45, 7) is 7.00. The lowest BCUT2D eigenvalue weighted by molar-refractivity contribution is -0.126. The number of ether oxygens (including phenoxy) is 2. The summed E-state index contributed by atoms with van der Waals surface area (Å²) in [5, 5.41) is 5.72. The molecule has 2 N–H and O–H groups in total. The number of carbonyl (C=O) groups excluding carboxylic acids is 3. The van der Waals surface area contributed by atoms with Gasteiger partial charge in [-0.25, -0.2) is 9.59 Å². The fourth-order valence-electron chi connectivity index (χ4n) is 3.84. The Bertz CT molecular complexity index is 891. The molecule has 1 saturated heterocycles. The summed E-state index contributed by atoms with van der Waals surface area (Å²) in [6.07, 6.45) is 0.0989. The zero-order chi connectivity index (χ0) is 27.1. The number of alkyl carbamates (subject to hydrolysis) is 1. The van der Waals surface area contributed by atoms with E-state index in [9.17, 15) is 18.9 Å². The number of hydrogen-bond donors (Lipinski definition) is 2. The van der Waals surface area contributed by atoms with Gasteiger partial charge >= 0.3 is 19.8 Å². The molecule has 1 aliphatic rings. The third-order valence-corrected chi connectivity index (χ3v) is 7.83. The first-order valence-corrected chi connectivity index (χ1v) is 14.6. The van der Waals surface area contributed by atoms with Gasteiger partial charge in [0.25, 0.3) is 0 Å². The van der Waals surface area contributed by atoms with Gasteiger partial charge in [-0.05, 0) is 32.3 Å². The number of nitrogens with one attached hydrogen (secondary N) is 2. The van der Waals surface area contributed by atoms with Crippen molar-refractivity contribution < 1.29 is 37.5 Å². The van der Waals surface area contributed by atoms with Gasteiger partial charge < -0.3 is 29.2 Å². The van der Waals surface area contributed by atoms with Crippen molar-refractivity contribution in [2.24, 2.45) is 0 Å². The summed E-state index contributed by atoms with van der Waals surface area (Å²) in [5.41, 5.74) is 0.787. The summed E-state index contributed by atoms with van der Waals surface area (Å²) in [4.78, 5) is 40.4. The average Bonchev–Trinajstić information content (AvgIpc) is 2.90. The molecule has 0 bridgehead atoms. The van der Waals surface area contributed by atoms with Crippen LogP contribution in [0.25, 0.3) is 0 Å². The second-order valence-corrected chi connectivity index (χ2v) is 10.7. The Kier molecular flexibility index (Phi) is 13.6. The highest BCUT2D eigenvalue weighted by molar-refractivity contribution is 7.53. The van der Waals surface area contributed by atoms with Crippen molar-refractivity contribution in [3.05, 3.63) is 35.9 Å². The standard InChI is InChI=1S/C25H40N3O8P/c1-4-7-16-33-25(31)28-15-14-26-18-22(28)23(29)21(13-17-37(32,35-5-2)36-6-3)27-24(30)34-19-20-11-9-8-10-12-20/h8-12,21-22,26H,4-7,13-19H2,1-3H3,(H,27,30)/t21-,22?/m1/s1. The molecule has 0 aromatic heterocycles. The van der Waals surface area contributed by atoms with E-state index in [4.69, 9.17) is 18.5 Å². The minimum Gasteiger partial charge on any atom is -0.449 e. The Labute approximate surface area is 219 Å². The summed E-state index contributed by atoms with van der Waals surface area (Å²) in [6, 6.07) is 7.16. The Balaban J connectivity index is 2.16. The fraction of sp³-hybridized carbons (Fsp3) is 0.640. The minimum atomic E-state index is -3.48. The molecule has 2 atom stereocenters. The molecule has 2 amide bonds. The molecule has 2 rings (SSSR count). The molecule has 1 aliphatic heterocycles. The molecule has 1 heterocycles. The maximum absolute atomic E-state index is 13.7. The Hall–Kier alpha value is -2.46. The van der Waals surface area contributed by atoms with Crippen molar-refractivity contribution in [3.8, 4) is 0 Å². The SMILES string of the molecule is CCCCOC(=O)N1CCNCC1C(=O)[C@@H](CCP(=O)(OCC)OCC)NC(=O)OCc1ccccc1. The van der Waals surface area contributed by atoms with E-state index in [1.54, 1.807) is 13.8 Å². The predicted molar refractivity (Wildman–Crippen MR) is 139 cm³/mol. The molecule has 0 radical (unpaired) electrons. The third kappa shape index (κ3) is 10.4. The molecule has 11 nitrogen and oxygen atoms in total. The van der Waals surface area contributed by atoms with Crippen LogP contribution in [0, 0.1) is 0 Å². The molecule has 12 heteroatoms. The normalized spacial score (nSPS) is 16.6. The monoisotopic (exact) mass is 541 g/mol. The van der Waals surface area contributed by atoms with Gasteiger partial charge in [0.1, 0.15) is 12.6 Å². The van der Waals surface area contributed by atoms with Crippen LogP contribution in [0.15, 0.2) is 30.3 Å². The van der Waals surface area contributed by atoms with Crippen LogP contribution in [0.5, 0.6) is 0 Å². The molecule has 0 saturated carbocycles. The van der Waals surface area contributed by atoms with Gasteiger partial charge in [0.05, 0.1) is 32.0 Å². The molecule has 1 aromatic carbocycles. The number of unbranched alkanes of at least 4 members (excludes halogenated alkanes) is 1. The number of ketones is 1. The molecule has 1 aromatic rings. The largest absolute Gasteiger partial charge is 0.449 e. The number of piperazine rings is 1. The summed E-state index contributed by atoms with van der Waals surface area (Å²) < 4.78 is 34.4. The van der Waals surface area contributed by atoms with E-state index in [0.717, 1.165) is 18.4 Å². The van der Waals surface area contributed by atoms with Crippen LogP contribution in [-0.4, -0.2) is 80.6 Å². The van der Waals surface area contributed by atoms with Gasteiger partial charge in [-0.15, -0.1) is 0 Å². The van der Waals surface area contributed by atoms with E-state index in [1.165, 1.54) is 4.90 Å². The van der Waals surface area contributed by atoms with Crippen molar-refractivity contribution in [2.45, 2.75) is 58.7 Å². The number of benzene rings is 1. The number of amides is 2. The first-order chi connectivity index (χ1) is 17.8. The number of carbonyl (C=O) groups is 3. The maximum atomic E-state index is 13.7. The summed E-state index contributed by atoms with van der Waals surface area (Å²) >= 11 is 0. The zero-order valence-electron chi connectivity index (χ0n) is 22.0. The smallest absolute Gasteiger partial charge is 0.410 e. The highest BCUT2D eigenvalue weighted by Gasteiger charge is 2.38. The fourth-order valence-corrected chi connectivity index (χ4v) is 5.53. The predicted octanol–water partition coefficient (Wildman–Crippen LogP) is 3.72. The van der Waals surface area contributed by atoms with E-state index >= 15 is 0 Å². The van der Waals surface area contributed by atoms with Crippen LogP contribution in [0.1, 0.15) is 45.6 Å². The van der Waals surface area contributed by atoms with Crippen molar-refractivity contribution >= 4 is 25.6 Å². The first kappa shape index (κ1) is 30.8. The van der Waals surface area contributed by atoms with Gasteiger partial charge in [-0.3, -0.25) is 14.3 Å². The van der Waals surface area contributed by atoms with Gasteiger partial charge in [0.15, 0.2) is 5.78 Å². The van der Waals surface area contributed by atoms with Crippen molar-refractivity contribution in [1.82, 2.24) is 15.5 Å². The zero-order valence-corrected chi connectivity index (χ0v) is 22.9. The van der Waals surface area contributed by atoms with Gasteiger partial charge in [0.2, 0.25) is 0 Å². The van der Waals surface area contributed by atoms with Crippen molar-refractivity contribution in [3.63, 3.8) is 0 Å². The first-order valence-electron chi connectivity index (χ1n) is 12.9. The topological polar surface area (TPSA) is 132 Å². The summed E-state index contributed by atoms with van der Waals surface area (Å²) in [5.74, 6) is -0.421. The van der Waals surface area contributed by atoms with Crippen LogP contribution in [0.3, 0.4) is 0 Å². The van der Waals surface area contributed by atoms with Gasteiger partial charge in [-0.1, -0.05) is 43.7 Å². The number of rotatable bonds is 15. The molecular weight excluding hydrogens is 501 g/mol. The highest BCUT2D eigenvalue weighted by Crippen LogP contribution is 2.48. The van der Waals surface area contributed by atoms with E-state index in [-0.39, 0.29) is 52.1 Å². The Morgan fingerprint density at radius 1 is 1.11 bits per heavy atom. The van der Waals surface area contributed by atoms with E-state index in [2.05, 4.69) is 10.6 Å². The van der Waals surface area contributed by atoms with Crippen LogP contribution in [0.4, 0.5) is 9.59 Å². The Morgan fingerprint density at radius 2 is 1.81 bits per heavy atom. The average molecular weight is 542 g/mol. The molecule has 1 fully saturated rings. The lowest BCUT2D eigenvalue weighted by Gasteiger charge is -2.36. The van der Waals surface area contributed by atoms with E-state index < -0.39 is 37.6 Å². The van der Waals surface area contributed by atoms with Gasteiger partial charge in [0, 0.05) is 19.6 Å². The Morgan fingerprint density at radius 3 is 2.46 bits per heavy atom. The molecule has 208 valence electrons. The molecule has 0 aliphatic carbocycles. The molecule has 1 unspecified atom stereocenters. The number of nitrogens with zero attached hydrogens (tertiary/aromatic N) is 1.